The predicted molar refractivity (Wildman–Crippen MR) is 72.4 cm³/mol. The summed E-state index contributed by atoms with van der Waals surface area (Å²) in [5.41, 5.74) is 0.335. The summed E-state index contributed by atoms with van der Waals surface area (Å²) < 4.78 is 5.53. The summed E-state index contributed by atoms with van der Waals surface area (Å²) in [6.07, 6.45) is 0.570. The SMILES string of the molecule is CCc1nc(Oc2cccc(C(=O)O)c2C)cc(=O)[nH]1. The molecule has 2 rings (SSSR count). The lowest BCUT2D eigenvalue weighted by atomic mass is 10.1. The van der Waals surface area contributed by atoms with Crippen molar-refractivity contribution in [3.8, 4) is 11.6 Å². The van der Waals surface area contributed by atoms with Gasteiger partial charge in [-0.1, -0.05) is 13.0 Å². The van der Waals surface area contributed by atoms with Crippen LogP contribution >= 0.6 is 0 Å². The second-order valence-electron chi connectivity index (χ2n) is 4.22. The fourth-order valence-electron chi connectivity index (χ4n) is 1.77. The molecule has 0 aliphatic heterocycles. The van der Waals surface area contributed by atoms with E-state index in [1.807, 2.05) is 6.92 Å². The third-order valence-electron chi connectivity index (χ3n) is 2.83. The monoisotopic (exact) mass is 274 g/mol. The highest BCUT2D eigenvalue weighted by molar-refractivity contribution is 5.90. The van der Waals surface area contributed by atoms with Crippen LogP contribution in [0.4, 0.5) is 0 Å². The molecular weight excluding hydrogens is 260 g/mol. The second-order valence-corrected chi connectivity index (χ2v) is 4.22. The van der Waals surface area contributed by atoms with Crippen molar-refractivity contribution in [3.63, 3.8) is 0 Å². The van der Waals surface area contributed by atoms with Crippen LogP contribution in [-0.4, -0.2) is 21.0 Å². The van der Waals surface area contributed by atoms with Crippen molar-refractivity contribution in [3.05, 3.63) is 51.6 Å². The van der Waals surface area contributed by atoms with Gasteiger partial charge in [0, 0.05) is 12.0 Å². The number of H-pyrrole nitrogens is 1. The Morgan fingerprint density at radius 1 is 1.45 bits per heavy atom. The molecule has 0 saturated carbocycles. The maximum Gasteiger partial charge on any atom is 0.336 e. The summed E-state index contributed by atoms with van der Waals surface area (Å²) >= 11 is 0. The Morgan fingerprint density at radius 3 is 2.85 bits per heavy atom. The molecule has 0 aliphatic rings. The molecule has 2 aromatic rings. The number of aromatic nitrogens is 2. The van der Waals surface area contributed by atoms with E-state index in [4.69, 9.17) is 9.84 Å². The van der Waals surface area contributed by atoms with Crippen molar-refractivity contribution >= 4 is 5.97 Å². The highest BCUT2D eigenvalue weighted by atomic mass is 16.5. The summed E-state index contributed by atoms with van der Waals surface area (Å²) in [5.74, 6) is 0.00176. The van der Waals surface area contributed by atoms with E-state index >= 15 is 0 Å². The van der Waals surface area contributed by atoms with Gasteiger partial charge in [-0.3, -0.25) is 4.79 Å². The van der Waals surface area contributed by atoms with Crippen molar-refractivity contribution in [2.45, 2.75) is 20.3 Å². The van der Waals surface area contributed by atoms with Gasteiger partial charge in [0.25, 0.3) is 5.56 Å². The zero-order valence-electron chi connectivity index (χ0n) is 11.1. The van der Waals surface area contributed by atoms with Crippen LogP contribution in [0.3, 0.4) is 0 Å². The van der Waals surface area contributed by atoms with Crippen LogP contribution < -0.4 is 10.3 Å². The Kier molecular flexibility index (Phi) is 3.84. The Hall–Kier alpha value is -2.63. The maximum absolute atomic E-state index is 11.5. The standard InChI is InChI=1S/C14H14N2O4/c1-3-11-15-12(17)7-13(16-11)20-10-6-4-5-9(8(10)2)14(18)19/h4-7H,3H2,1-2H3,(H,18,19)(H,15,16,17). The fraction of sp³-hybridized carbons (Fsp3) is 0.214. The Morgan fingerprint density at radius 2 is 2.20 bits per heavy atom. The molecule has 0 spiro atoms. The van der Waals surface area contributed by atoms with Gasteiger partial charge in [-0.2, -0.15) is 4.98 Å². The Bertz CT molecular complexity index is 707. The number of rotatable bonds is 4. The number of hydrogen-bond acceptors (Lipinski definition) is 4. The summed E-state index contributed by atoms with van der Waals surface area (Å²) in [6, 6.07) is 5.94. The van der Waals surface area contributed by atoms with Crippen molar-refractivity contribution in [2.75, 3.05) is 0 Å². The highest BCUT2D eigenvalue weighted by Crippen LogP contribution is 2.25. The molecule has 0 amide bonds. The average Bonchev–Trinajstić information content (AvgIpc) is 2.40. The second kappa shape index (κ2) is 5.56. The molecule has 0 fully saturated rings. The number of benzene rings is 1. The van der Waals surface area contributed by atoms with Crippen LogP contribution in [0.25, 0.3) is 0 Å². The average molecular weight is 274 g/mol. The minimum Gasteiger partial charge on any atom is -0.478 e. The van der Waals surface area contributed by atoms with Gasteiger partial charge in [0.2, 0.25) is 5.88 Å². The molecule has 0 atom stereocenters. The molecule has 0 saturated heterocycles. The maximum atomic E-state index is 11.5. The van der Waals surface area contributed by atoms with E-state index in [1.165, 1.54) is 12.1 Å². The third-order valence-corrected chi connectivity index (χ3v) is 2.83. The molecular formula is C14H14N2O4. The molecule has 1 heterocycles. The van der Waals surface area contributed by atoms with Crippen molar-refractivity contribution in [1.82, 2.24) is 9.97 Å². The Balaban J connectivity index is 2.40. The molecule has 104 valence electrons. The van der Waals surface area contributed by atoms with E-state index in [0.717, 1.165) is 0 Å². The number of nitrogens with one attached hydrogen (secondary N) is 1. The van der Waals surface area contributed by atoms with Gasteiger partial charge in [-0.05, 0) is 19.1 Å². The van der Waals surface area contributed by atoms with Crippen LogP contribution in [0, 0.1) is 6.92 Å². The van der Waals surface area contributed by atoms with E-state index in [1.54, 1.807) is 19.1 Å². The molecule has 0 aliphatic carbocycles. The number of hydrogen-bond donors (Lipinski definition) is 2. The zero-order chi connectivity index (χ0) is 14.7. The number of carboxylic acids is 1. The topological polar surface area (TPSA) is 92.3 Å². The number of carboxylic acid groups (broad SMARTS) is 1. The van der Waals surface area contributed by atoms with Crippen LogP contribution in [0.15, 0.2) is 29.1 Å². The van der Waals surface area contributed by atoms with Crippen LogP contribution in [0.2, 0.25) is 0 Å². The van der Waals surface area contributed by atoms with Gasteiger partial charge in [0.05, 0.1) is 11.6 Å². The lowest BCUT2D eigenvalue weighted by Crippen LogP contribution is -2.10. The van der Waals surface area contributed by atoms with Gasteiger partial charge in [-0.25, -0.2) is 4.79 Å². The normalized spacial score (nSPS) is 10.3. The lowest BCUT2D eigenvalue weighted by molar-refractivity contribution is 0.0695. The molecule has 6 heteroatoms. The lowest BCUT2D eigenvalue weighted by Gasteiger charge is -2.10. The van der Waals surface area contributed by atoms with Gasteiger partial charge in [0.15, 0.2) is 0 Å². The summed E-state index contributed by atoms with van der Waals surface area (Å²) in [7, 11) is 0. The number of nitrogens with zero attached hydrogens (tertiary/aromatic N) is 1. The van der Waals surface area contributed by atoms with Gasteiger partial charge in [-0.15, -0.1) is 0 Å². The van der Waals surface area contributed by atoms with Gasteiger partial charge < -0.3 is 14.8 Å². The number of carbonyl (C=O) groups is 1. The van der Waals surface area contributed by atoms with Crippen molar-refractivity contribution in [1.29, 1.82) is 0 Å². The van der Waals surface area contributed by atoms with Crippen molar-refractivity contribution < 1.29 is 14.6 Å². The first-order valence-corrected chi connectivity index (χ1v) is 6.12. The molecule has 1 aromatic carbocycles. The van der Waals surface area contributed by atoms with E-state index < -0.39 is 5.97 Å². The number of aryl methyl sites for hydroxylation is 1. The summed E-state index contributed by atoms with van der Waals surface area (Å²) in [5, 5.41) is 9.06. The fourth-order valence-corrected chi connectivity index (χ4v) is 1.77. The van der Waals surface area contributed by atoms with Crippen LogP contribution in [0.1, 0.15) is 28.7 Å². The van der Waals surface area contributed by atoms with Crippen LogP contribution in [-0.2, 0) is 6.42 Å². The van der Waals surface area contributed by atoms with Gasteiger partial charge in [0.1, 0.15) is 11.6 Å². The third kappa shape index (κ3) is 2.85. The largest absolute Gasteiger partial charge is 0.478 e. The zero-order valence-corrected chi connectivity index (χ0v) is 11.1. The quantitative estimate of drug-likeness (QED) is 0.891. The molecule has 1 aromatic heterocycles. The first kappa shape index (κ1) is 13.8. The molecule has 0 radical (unpaired) electrons. The number of aromatic amines is 1. The minimum absolute atomic E-state index is 0.149. The van der Waals surface area contributed by atoms with Gasteiger partial charge >= 0.3 is 5.97 Å². The minimum atomic E-state index is -1.03. The van der Waals surface area contributed by atoms with E-state index in [2.05, 4.69) is 9.97 Å². The number of aromatic carboxylic acids is 1. The van der Waals surface area contributed by atoms with E-state index in [0.29, 0.717) is 23.6 Å². The van der Waals surface area contributed by atoms with Crippen molar-refractivity contribution in [2.24, 2.45) is 0 Å². The summed E-state index contributed by atoms with van der Waals surface area (Å²) in [4.78, 5) is 29.2. The summed E-state index contributed by atoms with van der Waals surface area (Å²) in [6.45, 7) is 3.51. The van der Waals surface area contributed by atoms with E-state index in [-0.39, 0.29) is 17.0 Å². The van der Waals surface area contributed by atoms with E-state index in [9.17, 15) is 9.59 Å². The highest BCUT2D eigenvalue weighted by Gasteiger charge is 2.12. The van der Waals surface area contributed by atoms with Crippen LogP contribution in [0.5, 0.6) is 11.6 Å². The smallest absolute Gasteiger partial charge is 0.336 e. The molecule has 0 bridgehead atoms. The predicted octanol–water partition coefficient (Wildman–Crippen LogP) is 2.13. The molecule has 20 heavy (non-hydrogen) atoms. The number of ether oxygens (including phenoxy) is 1. The molecule has 6 nitrogen and oxygen atoms in total. The molecule has 2 N–H and O–H groups in total. The molecule has 0 unspecified atom stereocenters. The Labute approximate surface area is 115 Å². The first-order valence-electron chi connectivity index (χ1n) is 6.12. The first-order chi connectivity index (χ1) is 9.51.